The summed E-state index contributed by atoms with van der Waals surface area (Å²) in [5.74, 6) is 0. The van der Waals surface area contributed by atoms with E-state index >= 15 is 0 Å². The van der Waals surface area contributed by atoms with Gasteiger partial charge in [-0.15, -0.1) is 0 Å². The summed E-state index contributed by atoms with van der Waals surface area (Å²) < 4.78 is 5.40. The Hall–Kier alpha value is -2.43. The molecular formula is C24H28N2O2. The maximum atomic E-state index is 12.0. The number of hydrogen-bond donors (Lipinski definition) is 0. The van der Waals surface area contributed by atoms with Gasteiger partial charge in [0.25, 0.3) is 0 Å². The lowest BCUT2D eigenvalue weighted by molar-refractivity contribution is 0.122. The predicted octanol–water partition coefficient (Wildman–Crippen LogP) is 3.98. The number of piperazine rings is 1. The highest BCUT2D eigenvalue weighted by Crippen LogP contribution is 2.21. The van der Waals surface area contributed by atoms with E-state index in [2.05, 4.69) is 54.0 Å². The number of nitrogens with zero attached hydrogens (tertiary/aromatic N) is 2. The second kappa shape index (κ2) is 8.29. The molecule has 146 valence electrons. The molecule has 0 aliphatic carbocycles. The van der Waals surface area contributed by atoms with Crippen LogP contribution in [0.3, 0.4) is 0 Å². The topological polar surface area (TPSA) is 36.7 Å². The number of benzene rings is 2. The minimum atomic E-state index is -0.259. The molecule has 0 N–H and O–H groups in total. The first-order valence-corrected chi connectivity index (χ1v) is 10.2. The monoisotopic (exact) mass is 376 g/mol. The van der Waals surface area contributed by atoms with Gasteiger partial charge in [0, 0.05) is 50.7 Å². The van der Waals surface area contributed by atoms with Gasteiger partial charge in [0.05, 0.1) is 0 Å². The Labute approximate surface area is 166 Å². The first kappa shape index (κ1) is 18.9. The van der Waals surface area contributed by atoms with Crippen LogP contribution in [0.5, 0.6) is 0 Å². The van der Waals surface area contributed by atoms with Gasteiger partial charge < -0.3 is 4.42 Å². The molecule has 3 aromatic rings. The molecule has 0 unspecified atom stereocenters. The second-order valence-corrected chi connectivity index (χ2v) is 7.75. The van der Waals surface area contributed by atoms with E-state index in [-0.39, 0.29) is 5.63 Å². The molecule has 1 fully saturated rings. The SMILES string of the molecule is CCc1ccc2oc(=O)cc(CN3CCN(Cc4ccccc4C)CC3)c2c1. The number of fused-ring (bicyclic) bond motifs is 1. The summed E-state index contributed by atoms with van der Waals surface area (Å²) in [7, 11) is 0. The van der Waals surface area contributed by atoms with Crippen molar-refractivity contribution in [3.8, 4) is 0 Å². The molecule has 0 saturated carbocycles. The van der Waals surface area contributed by atoms with Crippen LogP contribution >= 0.6 is 0 Å². The summed E-state index contributed by atoms with van der Waals surface area (Å²) >= 11 is 0. The van der Waals surface area contributed by atoms with Crippen LogP contribution in [0.25, 0.3) is 11.0 Å². The zero-order valence-electron chi connectivity index (χ0n) is 16.8. The fraction of sp³-hybridized carbons (Fsp3) is 0.375. The van der Waals surface area contributed by atoms with E-state index in [4.69, 9.17) is 4.42 Å². The van der Waals surface area contributed by atoms with Gasteiger partial charge in [-0.1, -0.05) is 37.3 Å². The van der Waals surface area contributed by atoms with Gasteiger partial charge in [-0.3, -0.25) is 9.80 Å². The van der Waals surface area contributed by atoms with Gasteiger partial charge in [0.1, 0.15) is 5.58 Å². The third-order valence-electron chi connectivity index (χ3n) is 5.81. The Morgan fingerprint density at radius 3 is 2.25 bits per heavy atom. The minimum absolute atomic E-state index is 0.259. The van der Waals surface area contributed by atoms with E-state index in [1.807, 2.05) is 12.1 Å². The summed E-state index contributed by atoms with van der Waals surface area (Å²) in [6, 6.07) is 16.4. The largest absolute Gasteiger partial charge is 0.423 e. The maximum Gasteiger partial charge on any atom is 0.336 e. The molecule has 4 heteroatoms. The molecule has 1 saturated heterocycles. The number of aryl methyl sites for hydroxylation is 2. The first-order valence-electron chi connectivity index (χ1n) is 10.2. The van der Waals surface area contributed by atoms with Gasteiger partial charge >= 0.3 is 5.63 Å². The minimum Gasteiger partial charge on any atom is -0.423 e. The fourth-order valence-corrected chi connectivity index (χ4v) is 4.00. The van der Waals surface area contributed by atoms with Crippen LogP contribution in [0.15, 0.2) is 57.7 Å². The van der Waals surface area contributed by atoms with Gasteiger partial charge in [0.2, 0.25) is 0 Å². The lowest BCUT2D eigenvalue weighted by atomic mass is 10.0. The molecule has 1 aliphatic rings. The van der Waals surface area contributed by atoms with Gasteiger partial charge in [-0.25, -0.2) is 4.79 Å². The van der Waals surface area contributed by atoms with Crippen LogP contribution in [0.4, 0.5) is 0 Å². The summed E-state index contributed by atoms with van der Waals surface area (Å²) in [5.41, 5.74) is 5.55. The smallest absolute Gasteiger partial charge is 0.336 e. The van der Waals surface area contributed by atoms with Crippen LogP contribution < -0.4 is 5.63 Å². The van der Waals surface area contributed by atoms with Crippen molar-refractivity contribution in [3.05, 3.63) is 81.2 Å². The summed E-state index contributed by atoms with van der Waals surface area (Å²) in [4.78, 5) is 17.0. The third kappa shape index (κ3) is 4.18. The molecule has 2 heterocycles. The van der Waals surface area contributed by atoms with Crippen molar-refractivity contribution in [2.45, 2.75) is 33.4 Å². The van der Waals surface area contributed by atoms with Crippen molar-refractivity contribution in [3.63, 3.8) is 0 Å². The number of hydrogen-bond acceptors (Lipinski definition) is 4. The zero-order valence-corrected chi connectivity index (χ0v) is 16.8. The van der Waals surface area contributed by atoms with E-state index in [0.29, 0.717) is 5.58 Å². The second-order valence-electron chi connectivity index (χ2n) is 7.75. The maximum absolute atomic E-state index is 12.0. The highest BCUT2D eigenvalue weighted by molar-refractivity contribution is 5.80. The molecular weight excluding hydrogens is 348 g/mol. The molecule has 0 atom stereocenters. The molecule has 4 nitrogen and oxygen atoms in total. The van der Waals surface area contributed by atoms with E-state index in [1.54, 1.807) is 6.07 Å². The predicted molar refractivity (Wildman–Crippen MR) is 114 cm³/mol. The third-order valence-corrected chi connectivity index (χ3v) is 5.81. The lowest BCUT2D eigenvalue weighted by Gasteiger charge is -2.35. The average Bonchev–Trinajstić information content (AvgIpc) is 2.71. The van der Waals surface area contributed by atoms with E-state index in [1.165, 1.54) is 16.7 Å². The lowest BCUT2D eigenvalue weighted by Crippen LogP contribution is -2.45. The molecule has 2 aromatic carbocycles. The molecule has 1 aromatic heterocycles. The zero-order chi connectivity index (χ0) is 19.5. The Morgan fingerprint density at radius 1 is 0.893 bits per heavy atom. The van der Waals surface area contributed by atoms with Crippen molar-refractivity contribution in [1.29, 1.82) is 0 Å². The van der Waals surface area contributed by atoms with Crippen molar-refractivity contribution < 1.29 is 4.42 Å². The Balaban J connectivity index is 1.45. The van der Waals surface area contributed by atoms with Gasteiger partial charge in [-0.05, 0) is 47.7 Å². The van der Waals surface area contributed by atoms with Crippen molar-refractivity contribution in [1.82, 2.24) is 9.80 Å². The van der Waals surface area contributed by atoms with Gasteiger partial charge in [0.15, 0.2) is 0 Å². The standard InChI is InChI=1S/C24H28N2O2/c1-3-19-8-9-23-22(14-19)21(15-24(27)28-23)17-26-12-10-25(11-13-26)16-20-7-5-4-6-18(20)2/h4-9,14-15H,3,10-13,16-17H2,1-2H3. The Kier molecular flexibility index (Phi) is 5.60. The molecule has 1 aliphatic heterocycles. The van der Waals surface area contributed by atoms with E-state index in [9.17, 15) is 4.79 Å². The Bertz CT molecular complexity index is 1020. The molecule has 4 rings (SSSR count). The van der Waals surface area contributed by atoms with Crippen LogP contribution in [0.1, 0.15) is 29.2 Å². The summed E-state index contributed by atoms with van der Waals surface area (Å²) in [5, 5.41) is 1.07. The molecule has 0 radical (unpaired) electrons. The fourth-order valence-electron chi connectivity index (χ4n) is 4.00. The van der Waals surface area contributed by atoms with Gasteiger partial charge in [-0.2, -0.15) is 0 Å². The Morgan fingerprint density at radius 2 is 1.57 bits per heavy atom. The van der Waals surface area contributed by atoms with E-state index in [0.717, 1.165) is 56.6 Å². The summed E-state index contributed by atoms with van der Waals surface area (Å²) in [6.07, 6.45) is 0.978. The number of rotatable bonds is 5. The summed E-state index contributed by atoms with van der Waals surface area (Å²) in [6.45, 7) is 10.3. The average molecular weight is 377 g/mol. The van der Waals surface area contributed by atoms with Crippen molar-refractivity contribution in [2.24, 2.45) is 0 Å². The highest BCUT2D eigenvalue weighted by atomic mass is 16.4. The van der Waals surface area contributed by atoms with Crippen LogP contribution in [0.2, 0.25) is 0 Å². The van der Waals surface area contributed by atoms with Crippen LogP contribution in [0, 0.1) is 6.92 Å². The quantitative estimate of drug-likeness (QED) is 0.631. The molecule has 0 spiro atoms. The van der Waals surface area contributed by atoms with E-state index < -0.39 is 0 Å². The molecule has 0 bridgehead atoms. The first-order chi connectivity index (χ1) is 13.6. The normalized spacial score (nSPS) is 15.9. The highest BCUT2D eigenvalue weighted by Gasteiger charge is 2.19. The van der Waals surface area contributed by atoms with Crippen molar-refractivity contribution in [2.75, 3.05) is 26.2 Å². The van der Waals surface area contributed by atoms with Crippen molar-refractivity contribution >= 4 is 11.0 Å². The van der Waals surface area contributed by atoms with Crippen LogP contribution in [-0.2, 0) is 19.5 Å². The molecule has 0 amide bonds. The van der Waals surface area contributed by atoms with Crippen LogP contribution in [-0.4, -0.2) is 36.0 Å². The molecule has 28 heavy (non-hydrogen) atoms.